The molecule has 28 heavy (non-hydrogen) atoms. The fourth-order valence-electron chi connectivity index (χ4n) is 2.35. The second kappa shape index (κ2) is 8.79. The van der Waals surface area contributed by atoms with Crippen LogP contribution in [0.3, 0.4) is 0 Å². The summed E-state index contributed by atoms with van der Waals surface area (Å²) in [4.78, 5) is 18.1. The predicted octanol–water partition coefficient (Wildman–Crippen LogP) is 5.24. The summed E-state index contributed by atoms with van der Waals surface area (Å²) in [5.41, 5.74) is 5.41. The number of thiazole rings is 1. The van der Waals surface area contributed by atoms with Gasteiger partial charge in [0.25, 0.3) is 0 Å². The molecule has 2 aromatic rings. The molecule has 2 rings (SSSR count). The third-order valence-corrected chi connectivity index (χ3v) is 5.01. The van der Waals surface area contributed by atoms with E-state index in [1.807, 2.05) is 0 Å². The Labute approximate surface area is 173 Å². The zero-order valence-corrected chi connectivity index (χ0v) is 18.0. The van der Waals surface area contributed by atoms with Gasteiger partial charge in [-0.1, -0.05) is 23.5 Å². The molecule has 0 fully saturated rings. The number of carbonyl (C=O) groups excluding carboxylic acids is 1. The van der Waals surface area contributed by atoms with E-state index in [9.17, 15) is 18.0 Å². The van der Waals surface area contributed by atoms with Gasteiger partial charge in [-0.3, -0.25) is 4.90 Å². The van der Waals surface area contributed by atoms with E-state index in [1.165, 1.54) is 28.4 Å². The van der Waals surface area contributed by atoms with Crippen molar-refractivity contribution in [3.05, 3.63) is 45.4 Å². The van der Waals surface area contributed by atoms with Crippen molar-refractivity contribution in [3.63, 3.8) is 0 Å². The van der Waals surface area contributed by atoms with Crippen LogP contribution < -0.4 is 10.6 Å². The summed E-state index contributed by atoms with van der Waals surface area (Å²) < 4.78 is 44.2. The third kappa shape index (κ3) is 6.75. The minimum atomic E-state index is -4.38. The Hall–Kier alpha value is -1.65. The SMILES string of the molecule is CC(C)(C)OC(=O)N(C[C@@H](N)Cc1ccc(C(F)(F)F)cc1)c1ncc(Br)s1. The number of halogens is 4. The van der Waals surface area contributed by atoms with Crippen LogP contribution in [-0.2, 0) is 17.3 Å². The van der Waals surface area contributed by atoms with Gasteiger partial charge in [0.2, 0.25) is 0 Å². The maximum absolute atomic E-state index is 12.7. The van der Waals surface area contributed by atoms with Gasteiger partial charge in [-0.15, -0.1) is 0 Å². The highest BCUT2D eigenvalue weighted by Gasteiger charge is 2.30. The Balaban J connectivity index is 2.11. The van der Waals surface area contributed by atoms with Crippen molar-refractivity contribution in [1.29, 1.82) is 0 Å². The number of nitrogens with zero attached hydrogens (tertiary/aromatic N) is 2. The van der Waals surface area contributed by atoms with Gasteiger partial charge in [0.1, 0.15) is 5.60 Å². The lowest BCUT2D eigenvalue weighted by Gasteiger charge is -2.27. The van der Waals surface area contributed by atoms with E-state index in [2.05, 4.69) is 20.9 Å². The summed E-state index contributed by atoms with van der Waals surface area (Å²) in [6, 6.07) is 4.30. The van der Waals surface area contributed by atoms with Gasteiger partial charge >= 0.3 is 12.3 Å². The van der Waals surface area contributed by atoms with Crippen molar-refractivity contribution in [1.82, 2.24) is 4.98 Å². The van der Waals surface area contributed by atoms with Crippen molar-refractivity contribution < 1.29 is 22.7 Å². The molecule has 1 amide bonds. The smallest absolute Gasteiger partial charge is 0.416 e. The molecule has 0 unspecified atom stereocenters. The molecule has 0 aliphatic rings. The van der Waals surface area contributed by atoms with Gasteiger partial charge in [0.05, 0.1) is 15.5 Å². The Morgan fingerprint density at radius 2 is 1.89 bits per heavy atom. The molecule has 154 valence electrons. The van der Waals surface area contributed by atoms with Gasteiger partial charge in [0, 0.05) is 12.6 Å². The van der Waals surface area contributed by atoms with Crippen LogP contribution in [0.15, 0.2) is 34.2 Å². The molecule has 1 aromatic heterocycles. The first-order valence-electron chi connectivity index (χ1n) is 8.39. The van der Waals surface area contributed by atoms with Crippen LogP contribution in [-0.4, -0.2) is 29.3 Å². The summed E-state index contributed by atoms with van der Waals surface area (Å²) in [5, 5.41) is 0.420. The Morgan fingerprint density at radius 1 is 1.29 bits per heavy atom. The number of hydrogen-bond donors (Lipinski definition) is 1. The molecular weight excluding hydrogens is 459 g/mol. The van der Waals surface area contributed by atoms with E-state index >= 15 is 0 Å². The highest BCUT2D eigenvalue weighted by atomic mass is 79.9. The van der Waals surface area contributed by atoms with Gasteiger partial charge in [-0.25, -0.2) is 9.78 Å². The van der Waals surface area contributed by atoms with Crippen LogP contribution >= 0.6 is 27.3 Å². The third-order valence-electron chi connectivity index (χ3n) is 3.51. The van der Waals surface area contributed by atoms with Gasteiger partial charge in [0.15, 0.2) is 5.13 Å². The molecule has 1 aromatic carbocycles. The summed E-state index contributed by atoms with van der Waals surface area (Å²) in [5.74, 6) is 0. The minimum Gasteiger partial charge on any atom is -0.443 e. The molecular formula is C18H21BrF3N3O2S. The molecule has 10 heteroatoms. The quantitative estimate of drug-likeness (QED) is 0.636. The molecule has 0 saturated heterocycles. The standard InChI is InChI=1S/C18H21BrF3N3O2S/c1-17(2,3)27-16(26)25(15-24-9-14(19)28-15)10-13(23)8-11-4-6-12(7-5-11)18(20,21)22/h4-7,9,13H,8,10,23H2,1-3H3/t13-/m0/s1. The van der Waals surface area contributed by atoms with Crippen molar-refractivity contribution in [3.8, 4) is 0 Å². The fourth-order valence-corrected chi connectivity index (χ4v) is 3.53. The van der Waals surface area contributed by atoms with Crippen molar-refractivity contribution in [2.45, 2.75) is 45.0 Å². The van der Waals surface area contributed by atoms with Crippen LogP contribution in [0.25, 0.3) is 0 Å². The Morgan fingerprint density at radius 3 is 2.36 bits per heavy atom. The maximum atomic E-state index is 12.7. The Kier molecular flexibility index (Phi) is 7.11. The van der Waals surface area contributed by atoms with Crippen LogP contribution in [0.5, 0.6) is 0 Å². The molecule has 0 radical (unpaired) electrons. The van der Waals surface area contributed by atoms with Crippen LogP contribution in [0.1, 0.15) is 31.9 Å². The Bertz CT molecular complexity index is 804. The average Bonchev–Trinajstić information content (AvgIpc) is 2.96. The van der Waals surface area contributed by atoms with E-state index in [4.69, 9.17) is 10.5 Å². The van der Waals surface area contributed by atoms with Gasteiger partial charge in [-0.05, 0) is 60.8 Å². The molecule has 1 atom stereocenters. The number of hydrogen-bond acceptors (Lipinski definition) is 5. The second-order valence-corrected chi connectivity index (χ2v) is 9.59. The molecule has 0 aliphatic heterocycles. The normalized spacial score (nSPS) is 13.3. The number of ether oxygens (including phenoxy) is 1. The second-order valence-electron chi connectivity index (χ2n) is 7.20. The van der Waals surface area contributed by atoms with Crippen molar-refractivity contribution in [2.75, 3.05) is 11.4 Å². The molecule has 5 nitrogen and oxygen atoms in total. The highest BCUT2D eigenvalue weighted by Crippen LogP contribution is 2.30. The monoisotopic (exact) mass is 479 g/mol. The zero-order chi connectivity index (χ0) is 21.1. The highest BCUT2D eigenvalue weighted by molar-refractivity contribution is 9.11. The first-order chi connectivity index (χ1) is 12.8. The molecule has 1 heterocycles. The zero-order valence-electron chi connectivity index (χ0n) is 15.6. The van der Waals surface area contributed by atoms with E-state index in [1.54, 1.807) is 27.0 Å². The number of rotatable bonds is 5. The van der Waals surface area contributed by atoms with E-state index in [0.29, 0.717) is 17.1 Å². The number of anilines is 1. The molecule has 0 saturated carbocycles. The van der Waals surface area contributed by atoms with Crippen LogP contribution in [0, 0.1) is 0 Å². The number of amides is 1. The summed E-state index contributed by atoms with van der Waals surface area (Å²) in [6.07, 6.45) is -3.10. The summed E-state index contributed by atoms with van der Waals surface area (Å²) in [7, 11) is 0. The molecule has 0 spiro atoms. The lowest BCUT2D eigenvalue weighted by molar-refractivity contribution is -0.137. The van der Waals surface area contributed by atoms with Crippen LogP contribution in [0.2, 0.25) is 0 Å². The predicted molar refractivity (Wildman–Crippen MR) is 107 cm³/mol. The van der Waals surface area contributed by atoms with Crippen molar-refractivity contribution in [2.24, 2.45) is 5.73 Å². The maximum Gasteiger partial charge on any atom is 0.416 e. The number of alkyl halides is 3. The lowest BCUT2D eigenvalue weighted by atomic mass is 10.0. The summed E-state index contributed by atoms with van der Waals surface area (Å²) >= 11 is 4.56. The number of carbonyl (C=O) groups is 1. The first-order valence-corrected chi connectivity index (χ1v) is 9.99. The van der Waals surface area contributed by atoms with Gasteiger partial charge < -0.3 is 10.5 Å². The van der Waals surface area contributed by atoms with Crippen molar-refractivity contribution >= 4 is 38.5 Å². The molecule has 0 bridgehead atoms. The number of nitrogens with two attached hydrogens (primary N) is 1. The van der Waals surface area contributed by atoms with E-state index in [0.717, 1.165) is 15.9 Å². The first kappa shape index (κ1) is 22.6. The topological polar surface area (TPSA) is 68.5 Å². The van der Waals surface area contributed by atoms with E-state index < -0.39 is 29.5 Å². The minimum absolute atomic E-state index is 0.107. The van der Waals surface area contributed by atoms with E-state index in [-0.39, 0.29) is 6.54 Å². The molecule has 0 aliphatic carbocycles. The van der Waals surface area contributed by atoms with Crippen LogP contribution in [0.4, 0.5) is 23.1 Å². The number of benzene rings is 1. The largest absolute Gasteiger partial charge is 0.443 e. The average molecular weight is 480 g/mol. The lowest BCUT2D eigenvalue weighted by Crippen LogP contribution is -2.44. The number of aromatic nitrogens is 1. The molecule has 2 N–H and O–H groups in total. The summed E-state index contributed by atoms with van der Waals surface area (Å²) in [6.45, 7) is 5.37. The van der Waals surface area contributed by atoms with Gasteiger partial charge in [-0.2, -0.15) is 13.2 Å². The fraction of sp³-hybridized carbons (Fsp3) is 0.444.